The number of hydrogen-bond acceptors (Lipinski definition) is 3. The van der Waals surface area contributed by atoms with Crippen molar-refractivity contribution in [3.8, 4) is 0 Å². The van der Waals surface area contributed by atoms with Crippen molar-refractivity contribution in [3.63, 3.8) is 0 Å². The highest BCUT2D eigenvalue weighted by molar-refractivity contribution is 6.31. The lowest BCUT2D eigenvalue weighted by Crippen LogP contribution is -2.24. The summed E-state index contributed by atoms with van der Waals surface area (Å²) in [5.41, 5.74) is 3.57. The number of nitrogens with one attached hydrogen (secondary N) is 1. The van der Waals surface area contributed by atoms with Crippen LogP contribution in [0.15, 0.2) is 42.6 Å². The van der Waals surface area contributed by atoms with Crippen LogP contribution < -0.4 is 5.32 Å². The van der Waals surface area contributed by atoms with Crippen LogP contribution in [-0.4, -0.2) is 22.0 Å². The van der Waals surface area contributed by atoms with Crippen LogP contribution in [0.3, 0.4) is 0 Å². The van der Waals surface area contributed by atoms with Crippen LogP contribution in [0.4, 0.5) is 20.2 Å². The molecule has 0 unspecified atom stereocenters. The number of rotatable bonds is 4. The molecule has 4 nitrogen and oxygen atoms in total. The minimum atomic E-state index is -2.63. The van der Waals surface area contributed by atoms with Gasteiger partial charge in [-0.2, -0.15) is 0 Å². The molecule has 3 aromatic rings. The topological polar surface area (TPSA) is 62.2 Å². The van der Waals surface area contributed by atoms with Crippen molar-refractivity contribution in [1.29, 1.82) is 0 Å². The zero-order chi connectivity index (χ0) is 21.5. The standard InChI is InChI=1S/C23H21ClF2N2O2/c1-13-2-4-20(17(10-13)22(29)30)28-21-16-11-15(24)3-5-19(16)27-12-18(21)14-6-8-23(25,26)9-7-14/h2-5,10-12,14H,6-9H2,1H3,(H,27,28)(H,29,30). The van der Waals surface area contributed by atoms with Crippen molar-refractivity contribution in [1.82, 2.24) is 4.98 Å². The largest absolute Gasteiger partial charge is 0.478 e. The van der Waals surface area contributed by atoms with Crippen LogP contribution in [-0.2, 0) is 0 Å². The summed E-state index contributed by atoms with van der Waals surface area (Å²) in [5, 5.41) is 14.2. The second-order valence-electron chi connectivity index (χ2n) is 7.86. The molecule has 156 valence electrons. The van der Waals surface area contributed by atoms with Crippen molar-refractivity contribution < 1.29 is 18.7 Å². The van der Waals surface area contributed by atoms with E-state index in [1.54, 1.807) is 36.5 Å². The Labute approximate surface area is 177 Å². The minimum absolute atomic E-state index is 0.0956. The monoisotopic (exact) mass is 430 g/mol. The summed E-state index contributed by atoms with van der Waals surface area (Å²) in [6.45, 7) is 1.82. The molecule has 30 heavy (non-hydrogen) atoms. The maximum absolute atomic E-state index is 13.7. The van der Waals surface area contributed by atoms with Crippen LogP contribution in [0.1, 0.15) is 53.1 Å². The summed E-state index contributed by atoms with van der Waals surface area (Å²) in [7, 11) is 0. The molecule has 4 rings (SSSR count). The molecule has 0 saturated heterocycles. The number of aromatic carboxylic acids is 1. The van der Waals surface area contributed by atoms with Gasteiger partial charge in [0.15, 0.2) is 0 Å². The number of aryl methyl sites for hydroxylation is 1. The van der Waals surface area contributed by atoms with E-state index in [4.69, 9.17) is 11.6 Å². The average Bonchev–Trinajstić information content (AvgIpc) is 2.69. The van der Waals surface area contributed by atoms with E-state index in [0.29, 0.717) is 34.8 Å². The fourth-order valence-corrected chi connectivity index (χ4v) is 4.23. The van der Waals surface area contributed by atoms with Crippen LogP contribution in [0.25, 0.3) is 10.9 Å². The normalized spacial score (nSPS) is 16.5. The number of nitrogens with zero attached hydrogens (tertiary/aromatic N) is 1. The maximum atomic E-state index is 13.7. The Morgan fingerprint density at radius 3 is 2.63 bits per heavy atom. The summed E-state index contributed by atoms with van der Waals surface area (Å²) in [5.74, 6) is -3.77. The lowest BCUT2D eigenvalue weighted by atomic mass is 9.81. The molecule has 0 atom stereocenters. The molecular formula is C23H21ClF2N2O2. The van der Waals surface area contributed by atoms with E-state index in [1.807, 2.05) is 13.0 Å². The number of carboxylic acid groups (broad SMARTS) is 1. The number of fused-ring (bicyclic) bond motifs is 1. The second kappa shape index (κ2) is 7.84. The maximum Gasteiger partial charge on any atom is 0.337 e. The fraction of sp³-hybridized carbons (Fsp3) is 0.304. The van der Waals surface area contributed by atoms with Crippen LogP contribution in [0.5, 0.6) is 0 Å². The first-order chi connectivity index (χ1) is 14.2. The van der Waals surface area contributed by atoms with Gasteiger partial charge in [0.05, 0.1) is 22.5 Å². The van der Waals surface area contributed by atoms with Crippen LogP contribution in [0, 0.1) is 6.92 Å². The first-order valence-electron chi connectivity index (χ1n) is 9.80. The van der Waals surface area contributed by atoms with Gasteiger partial charge in [0.1, 0.15) is 0 Å². The van der Waals surface area contributed by atoms with Gasteiger partial charge in [0.2, 0.25) is 5.92 Å². The predicted molar refractivity (Wildman–Crippen MR) is 114 cm³/mol. The smallest absolute Gasteiger partial charge is 0.337 e. The summed E-state index contributed by atoms with van der Waals surface area (Å²) in [4.78, 5) is 16.3. The van der Waals surface area contributed by atoms with Gasteiger partial charge in [0, 0.05) is 29.4 Å². The van der Waals surface area contributed by atoms with Crippen LogP contribution in [0.2, 0.25) is 5.02 Å². The molecule has 1 aliphatic rings. The molecule has 2 N–H and O–H groups in total. The van der Waals surface area contributed by atoms with E-state index in [9.17, 15) is 18.7 Å². The Bertz CT molecular complexity index is 1120. The number of carboxylic acids is 1. The number of pyridine rings is 1. The highest BCUT2D eigenvalue weighted by Gasteiger charge is 2.36. The molecule has 2 aromatic carbocycles. The Kier molecular flexibility index (Phi) is 5.36. The fourth-order valence-electron chi connectivity index (χ4n) is 4.06. The summed E-state index contributed by atoms with van der Waals surface area (Å²) >= 11 is 6.22. The van der Waals surface area contributed by atoms with E-state index < -0.39 is 11.9 Å². The Hall–Kier alpha value is -2.73. The third kappa shape index (κ3) is 4.10. The molecule has 0 spiro atoms. The number of benzene rings is 2. The van der Waals surface area contributed by atoms with Crippen molar-refractivity contribution in [2.24, 2.45) is 0 Å². The Morgan fingerprint density at radius 1 is 1.20 bits per heavy atom. The summed E-state index contributed by atoms with van der Waals surface area (Å²) in [6, 6.07) is 10.4. The number of hydrogen-bond donors (Lipinski definition) is 2. The molecule has 0 amide bonds. The molecule has 1 fully saturated rings. The van der Waals surface area contributed by atoms with Crippen molar-refractivity contribution in [3.05, 3.63) is 64.3 Å². The third-order valence-electron chi connectivity index (χ3n) is 5.68. The molecule has 0 bridgehead atoms. The van der Waals surface area contributed by atoms with Crippen LogP contribution >= 0.6 is 11.6 Å². The number of anilines is 2. The van der Waals surface area contributed by atoms with Gasteiger partial charge in [-0.05, 0) is 61.6 Å². The van der Waals surface area contributed by atoms with E-state index in [-0.39, 0.29) is 24.3 Å². The molecule has 1 saturated carbocycles. The highest BCUT2D eigenvalue weighted by Crippen LogP contribution is 2.45. The average molecular weight is 431 g/mol. The number of carbonyl (C=O) groups is 1. The van der Waals surface area contributed by atoms with Gasteiger partial charge in [-0.1, -0.05) is 23.2 Å². The Morgan fingerprint density at radius 2 is 1.93 bits per heavy atom. The first-order valence-corrected chi connectivity index (χ1v) is 10.2. The van der Waals surface area contributed by atoms with E-state index in [2.05, 4.69) is 10.3 Å². The minimum Gasteiger partial charge on any atom is -0.478 e. The number of alkyl halides is 2. The lowest BCUT2D eigenvalue weighted by Gasteiger charge is -2.30. The molecule has 7 heteroatoms. The molecule has 0 aliphatic heterocycles. The molecule has 1 heterocycles. The first kappa shape index (κ1) is 20.5. The van der Waals surface area contributed by atoms with Crippen molar-refractivity contribution in [2.45, 2.75) is 44.4 Å². The van der Waals surface area contributed by atoms with Crippen molar-refractivity contribution in [2.75, 3.05) is 5.32 Å². The van der Waals surface area contributed by atoms with E-state index >= 15 is 0 Å². The third-order valence-corrected chi connectivity index (χ3v) is 5.92. The van der Waals surface area contributed by atoms with Gasteiger partial charge < -0.3 is 10.4 Å². The summed E-state index contributed by atoms with van der Waals surface area (Å²) < 4.78 is 27.4. The van der Waals surface area contributed by atoms with Gasteiger partial charge >= 0.3 is 5.97 Å². The van der Waals surface area contributed by atoms with Gasteiger partial charge in [0.25, 0.3) is 0 Å². The predicted octanol–water partition coefficient (Wildman–Crippen LogP) is 6.93. The van der Waals surface area contributed by atoms with Gasteiger partial charge in [-0.3, -0.25) is 4.98 Å². The zero-order valence-corrected chi connectivity index (χ0v) is 17.1. The van der Waals surface area contributed by atoms with Gasteiger partial charge in [-0.25, -0.2) is 13.6 Å². The molecular weight excluding hydrogens is 410 g/mol. The van der Waals surface area contributed by atoms with Crippen molar-refractivity contribution >= 4 is 39.8 Å². The molecule has 1 aromatic heterocycles. The van der Waals surface area contributed by atoms with E-state index in [0.717, 1.165) is 16.5 Å². The molecule has 1 aliphatic carbocycles. The number of aromatic nitrogens is 1. The van der Waals surface area contributed by atoms with Gasteiger partial charge in [-0.15, -0.1) is 0 Å². The summed E-state index contributed by atoms with van der Waals surface area (Å²) in [6.07, 6.45) is 2.05. The molecule has 0 radical (unpaired) electrons. The number of halogens is 3. The second-order valence-corrected chi connectivity index (χ2v) is 8.30. The SMILES string of the molecule is Cc1ccc(Nc2c(C3CCC(F)(F)CC3)cnc3ccc(Cl)cc23)c(C(=O)O)c1. The quantitative estimate of drug-likeness (QED) is 0.471. The lowest BCUT2D eigenvalue weighted by molar-refractivity contribution is -0.0381. The Balaban J connectivity index is 1.85. The highest BCUT2D eigenvalue weighted by atomic mass is 35.5. The zero-order valence-electron chi connectivity index (χ0n) is 16.4. The van der Waals surface area contributed by atoms with E-state index in [1.165, 1.54) is 0 Å².